The van der Waals surface area contributed by atoms with E-state index in [2.05, 4.69) is 20.9 Å². The fourth-order valence-electron chi connectivity index (χ4n) is 3.51. The zero-order chi connectivity index (χ0) is 17.6. The van der Waals surface area contributed by atoms with Crippen LogP contribution in [0.15, 0.2) is 29.3 Å². The van der Waals surface area contributed by atoms with Gasteiger partial charge in [-0.05, 0) is 43.4 Å². The molecule has 7 heteroatoms. The van der Waals surface area contributed by atoms with Gasteiger partial charge in [-0.25, -0.2) is 0 Å². The standard InChI is InChI=1S/C19H28N4O2.HI/c1-3-9-21-18(24)14-6-4-5-13(10-14)12-22-19(20-2)23-16-11-15-7-8-17(16)25-15;/h4-6,10,15-17H,3,7-9,11-12H2,1-2H3,(H,21,24)(H2,20,22,23);1H. The summed E-state index contributed by atoms with van der Waals surface area (Å²) >= 11 is 0. The Balaban J connectivity index is 0.00000243. The van der Waals surface area contributed by atoms with Crippen molar-refractivity contribution in [3.63, 3.8) is 0 Å². The van der Waals surface area contributed by atoms with Crippen molar-refractivity contribution >= 4 is 35.8 Å². The Bertz CT molecular complexity index is 638. The lowest BCUT2D eigenvalue weighted by Gasteiger charge is -2.22. The summed E-state index contributed by atoms with van der Waals surface area (Å²) in [5, 5.41) is 9.71. The summed E-state index contributed by atoms with van der Waals surface area (Å²) in [5.41, 5.74) is 1.74. The van der Waals surface area contributed by atoms with Crippen molar-refractivity contribution in [3.05, 3.63) is 35.4 Å². The van der Waals surface area contributed by atoms with Crippen LogP contribution in [0.5, 0.6) is 0 Å². The first-order valence-electron chi connectivity index (χ1n) is 9.19. The first kappa shape index (κ1) is 21.0. The molecule has 0 radical (unpaired) electrons. The summed E-state index contributed by atoms with van der Waals surface area (Å²) in [6, 6.07) is 8.03. The average molecular weight is 472 g/mol. The van der Waals surface area contributed by atoms with Crippen molar-refractivity contribution in [1.82, 2.24) is 16.0 Å². The van der Waals surface area contributed by atoms with Gasteiger partial charge in [0.25, 0.3) is 5.91 Å². The molecule has 0 spiro atoms. The van der Waals surface area contributed by atoms with Crippen LogP contribution in [0.2, 0.25) is 0 Å². The van der Waals surface area contributed by atoms with E-state index in [0.29, 0.717) is 36.9 Å². The van der Waals surface area contributed by atoms with E-state index in [4.69, 9.17) is 4.74 Å². The van der Waals surface area contributed by atoms with Crippen molar-refractivity contribution in [2.45, 2.75) is 57.4 Å². The lowest BCUT2D eigenvalue weighted by atomic mass is 9.96. The van der Waals surface area contributed by atoms with Gasteiger partial charge < -0.3 is 20.7 Å². The number of carbonyl (C=O) groups is 1. The van der Waals surface area contributed by atoms with Crippen LogP contribution in [0, 0.1) is 0 Å². The van der Waals surface area contributed by atoms with Gasteiger partial charge >= 0.3 is 0 Å². The number of amides is 1. The van der Waals surface area contributed by atoms with Crippen molar-refractivity contribution < 1.29 is 9.53 Å². The second-order valence-corrected chi connectivity index (χ2v) is 6.74. The van der Waals surface area contributed by atoms with E-state index in [1.54, 1.807) is 7.05 Å². The highest BCUT2D eigenvalue weighted by atomic mass is 127. The van der Waals surface area contributed by atoms with Crippen molar-refractivity contribution in [2.75, 3.05) is 13.6 Å². The van der Waals surface area contributed by atoms with Crippen LogP contribution in [0.4, 0.5) is 0 Å². The minimum Gasteiger partial charge on any atom is -0.373 e. The molecule has 2 saturated heterocycles. The minimum absolute atomic E-state index is 0. The van der Waals surface area contributed by atoms with E-state index in [-0.39, 0.29) is 29.9 Å². The third-order valence-corrected chi connectivity index (χ3v) is 4.84. The molecule has 1 aromatic carbocycles. The summed E-state index contributed by atoms with van der Waals surface area (Å²) in [6.07, 6.45) is 5.03. The molecule has 2 aliphatic rings. The van der Waals surface area contributed by atoms with Crippen LogP contribution in [-0.2, 0) is 11.3 Å². The molecule has 0 aromatic heterocycles. The number of fused-ring (bicyclic) bond motifs is 2. The smallest absolute Gasteiger partial charge is 0.251 e. The van der Waals surface area contributed by atoms with Gasteiger partial charge in [0, 0.05) is 25.7 Å². The Hall–Kier alpha value is -1.35. The number of hydrogen-bond donors (Lipinski definition) is 3. The quantitative estimate of drug-likeness (QED) is 0.338. The normalized spacial score (nSPS) is 24.1. The molecule has 2 fully saturated rings. The second-order valence-electron chi connectivity index (χ2n) is 6.74. The van der Waals surface area contributed by atoms with E-state index in [1.165, 1.54) is 6.42 Å². The highest BCUT2D eigenvalue weighted by Gasteiger charge is 2.41. The molecule has 2 heterocycles. The molecule has 3 rings (SSSR count). The monoisotopic (exact) mass is 472 g/mol. The Labute approximate surface area is 172 Å². The Morgan fingerprint density at radius 1 is 1.31 bits per heavy atom. The maximum atomic E-state index is 12.1. The lowest BCUT2D eigenvalue weighted by molar-refractivity contribution is 0.0953. The molecule has 3 unspecified atom stereocenters. The summed E-state index contributed by atoms with van der Waals surface area (Å²) in [7, 11) is 1.78. The zero-order valence-corrected chi connectivity index (χ0v) is 17.8. The molecule has 1 aromatic rings. The number of benzene rings is 1. The third-order valence-electron chi connectivity index (χ3n) is 4.84. The SMILES string of the molecule is CCCNC(=O)c1cccc(CNC(=NC)NC2CC3CCC2O3)c1.I. The lowest BCUT2D eigenvalue weighted by Crippen LogP contribution is -2.47. The summed E-state index contributed by atoms with van der Waals surface area (Å²) in [4.78, 5) is 16.4. The number of rotatable bonds is 6. The van der Waals surface area contributed by atoms with Crippen LogP contribution in [0.25, 0.3) is 0 Å². The molecule has 6 nitrogen and oxygen atoms in total. The summed E-state index contributed by atoms with van der Waals surface area (Å²) < 4.78 is 5.88. The van der Waals surface area contributed by atoms with E-state index in [0.717, 1.165) is 30.8 Å². The van der Waals surface area contributed by atoms with Gasteiger partial charge in [-0.1, -0.05) is 19.1 Å². The molecule has 0 aliphatic carbocycles. The number of halogens is 1. The molecule has 144 valence electrons. The molecule has 3 N–H and O–H groups in total. The van der Waals surface area contributed by atoms with E-state index in [9.17, 15) is 4.79 Å². The van der Waals surface area contributed by atoms with Gasteiger partial charge in [0.05, 0.1) is 18.2 Å². The highest BCUT2D eigenvalue weighted by Crippen LogP contribution is 2.34. The number of aliphatic imine (C=N–C) groups is 1. The fourth-order valence-corrected chi connectivity index (χ4v) is 3.51. The maximum Gasteiger partial charge on any atom is 0.251 e. The Morgan fingerprint density at radius 2 is 2.15 bits per heavy atom. The maximum absolute atomic E-state index is 12.1. The molecular weight excluding hydrogens is 443 g/mol. The number of carbonyl (C=O) groups excluding carboxylic acids is 1. The molecule has 2 aliphatic heterocycles. The third kappa shape index (κ3) is 5.33. The van der Waals surface area contributed by atoms with Gasteiger partial charge in [0.15, 0.2) is 5.96 Å². The predicted octanol–water partition coefficient (Wildman–Crippen LogP) is 2.43. The van der Waals surface area contributed by atoms with Gasteiger partial charge in [0.2, 0.25) is 0 Å². The zero-order valence-electron chi connectivity index (χ0n) is 15.5. The Morgan fingerprint density at radius 3 is 2.81 bits per heavy atom. The van der Waals surface area contributed by atoms with Crippen molar-refractivity contribution in [1.29, 1.82) is 0 Å². The number of nitrogens with zero attached hydrogens (tertiary/aromatic N) is 1. The van der Waals surface area contributed by atoms with Crippen LogP contribution in [0.3, 0.4) is 0 Å². The molecular formula is C19H29IN4O2. The largest absolute Gasteiger partial charge is 0.373 e. The van der Waals surface area contributed by atoms with Crippen molar-refractivity contribution in [3.8, 4) is 0 Å². The van der Waals surface area contributed by atoms with Crippen molar-refractivity contribution in [2.24, 2.45) is 4.99 Å². The van der Waals surface area contributed by atoms with Gasteiger partial charge in [-0.2, -0.15) is 0 Å². The molecule has 0 saturated carbocycles. The highest BCUT2D eigenvalue weighted by molar-refractivity contribution is 14.0. The summed E-state index contributed by atoms with van der Waals surface area (Å²) in [6.45, 7) is 3.36. The molecule has 26 heavy (non-hydrogen) atoms. The average Bonchev–Trinajstić information content (AvgIpc) is 3.26. The van der Waals surface area contributed by atoms with E-state index < -0.39 is 0 Å². The van der Waals surface area contributed by atoms with E-state index >= 15 is 0 Å². The number of guanidine groups is 1. The molecule has 3 atom stereocenters. The molecule has 2 bridgehead atoms. The summed E-state index contributed by atoms with van der Waals surface area (Å²) in [5.74, 6) is 0.757. The molecule has 1 amide bonds. The number of nitrogens with one attached hydrogen (secondary N) is 3. The topological polar surface area (TPSA) is 74.8 Å². The first-order chi connectivity index (χ1) is 12.2. The van der Waals surface area contributed by atoms with Crippen LogP contribution < -0.4 is 16.0 Å². The van der Waals surface area contributed by atoms with Crippen LogP contribution >= 0.6 is 24.0 Å². The van der Waals surface area contributed by atoms with Gasteiger partial charge in [0.1, 0.15) is 0 Å². The first-order valence-corrected chi connectivity index (χ1v) is 9.19. The van der Waals surface area contributed by atoms with Crippen LogP contribution in [0.1, 0.15) is 48.5 Å². The minimum atomic E-state index is -0.0228. The predicted molar refractivity (Wildman–Crippen MR) is 114 cm³/mol. The Kier molecular flexibility index (Phi) is 8.15. The van der Waals surface area contributed by atoms with Gasteiger partial charge in [-0.15, -0.1) is 24.0 Å². The van der Waals surface area contributed by atoms with Gasteiger partial charge in [-0.3, -0.25) is 9.79 Å². The number of ether oxygens (including phenoxy) is 1. The van der Waals surface area contributed by atoms with E-state index in [1.807, 2.05) is 31.2 Å². The fraction of sp³-hybridized carbons (Fsp3) is 0.579. The number of hydrogen-bond acceptors (Lipinski definition) is 3. The second kappa shape index (κ2) is 10.1. The van der Waals surface area contributed by atoms with Crippen LogP contribution in [-0.4, -0.2) is 43.7 Å².